The Hall–Kier alpha value is -0.0800. The highest BCUT2D eigenvalue weighted by Gasteiger charge is 2.66. The molecule has 2 aliphatic heterocycles. The Bertz CT molecular complexity index is 323. The van der Waals surface area contributed by atoms with Crippen molar-refractivity contribution in [1.29, 1.82) is 0 Å². The Balaban J connectivity index is 2.39. The molecule has 0 aromatic heterocycles. The van der Waals surface area contributed by atoms with Crippen LogP contribution in [0.15, 0.2) is 0 Å². The molecule has 2 saturated heterocycles. The van der Waals surface area contributed by atoms with Crippen LogP contribution in [0.4, 0.5) is 0 Å². The van der Waals surface area contributed by atoms with E-state index in [1.165, 1.54) is 0 Å². The van der Waals surface area contributed by atoms with Crippen LogP contribution in [0.5, 0.6) is 0 Å². The van der Waals surface area contributed by atoms with Crippen molar-refractivity contribution >= 4 is 0 Å². The normalized spacial score (nSPS) is 44.7. The van der Waals surface area contributed by atoms with E-state index < -0.39 is 0 Å². The van der Waals surface area contributed by atoms with Gasteiger partial charge in [0.2, 0.25) is 0 Å². The highest BCUT2D eigenvalue weighted by molar-refractivity contribution is 5.14. The van der Waals surface area contributed by atoms with Gasteiger partial charge >= 0.3 is 0 Å². The van der Waals surface area contributed by atoms with Crippen molar-refractivity contribution < 1.29 is 9.47 Å². The Kier molecular flexibility index (Phi) is 3.15. The molecule has 0 aromatic rings. The third kappa shape index (κ3) is 2.12. The summed E-state index contributed by atoms with van der Waals surface area (Å²) >= 11 is 0. The van der Waals surface area contributed by atoms with Crippen LogP contribution in [0.25, 0.3) is 0 Å². The Labute approximate surface area is 112 Å². The van der Waals surface area contributed by atoms with Gasteiger partial charge in [0, 0.05) is 5.92 Å². The molecule has 18 heavy (non-hydrogen) atoms. The molecule has 2 fully saturated rings. The molecular formula is C16H30O2. The second-order valence-electron chi connectivity index (χ2n) is 8.60. The second-order valence-corrected chi connectivity index (χ2v) is 8.60. The van der Waals surface area contributed by atoms with Gasteiger partial charge in [-0.05, 0) is 31.1 Å². The predicted octanol–water partition coefficient (Wildman–Crippen LogP) is 4.03. The maximum Gasteiger partial charge on any atom is 0.101 e. The van der Waals surface area contributed by atoms with Crippen LogP contribution in [0.3, 0.4) is 0 Å². The van der Waals surface area contributed by atoms with E-state index in [1.807, 2.05) is 0 Å². The quantitative estimate of drug-likeness (QED) is 0.703. The van der Waals surface area contributed by atoms with Crippen molar-refractivity contribution in [2.45, 2.75) is 85.7 Å². The molecule has 2 bridgehead atoms. The van der Waals surface area contributed by atoms with Gasteiger partial charge in [-0.2, -0.15) is 0 Å². The van der Waals surface area contributed by atoms with Crippen molar-refractivity contribution in [3.63, 3.8) is 0 Å². The van der Waals surface area contributed by atoms with Crippen LogP contribution in [0.2, 0.25) is 0 Å². The molecule has 1 unspecified atom stereocenters. The third-order valence-corrected chi connectivity index (χ3v) is 4.51. The molecule has 5 atom stereocenters. The second kappa shape index (κ2) is 3.96. The molecule has 0 amide bonds. The van der Waals surface area contributed by atoms with E-state index in [1.54, 1.807) is 0 Å². The highest BCUT2D eigenvalue weighted by Crippen LogP contribution is 2.58. The summed E-state index contributed by atoms with van der Waals surface area (Å²) in [5.74, 6) is 0.495. The molecule has 2 heteroatoms. The van der Waals surface area contributed by atoms with Crippen molar-refractivity contribution in [2.24, 2.45) is 16.7 Å². The summed E-state index contributed by atoms with van der Waals surface area (Å²) in [7, 11) is 0. The molecule has 0 N–H and O–H groups in total. The van der Waals surface area contributed by atoms with Gasteiger partial charge in [-0.3, -0.25) is 0 Å². The van der Waals surface area contributed by atoms with Crippen molar-refractivity contribution in [3.8, 4) is 0 Å². The van der Waals surface area contributed by atoms with Gasteiger partial charge in [0.1, 0.15) is 5.60 Å². The summed E-state index contributed by atoms with van der Waals surface area (Å²) in [4.78, 5) is 0. The standard InChI is InChI=1S/C16H30O2/c1-10-12-13(15(6,7)8)16(18-10,11(2)17-12)9-14(3,4)5/h10-13H,9H2,1-8H3/t10-,11-,12?,13-,16-/m0/s1. The zero-order valence-electron chi connectivity index (χ0n) is 13.3. The minimum absolute atomic E-state index is 0.0966. The summed E-state index contributed by atoms with van der Waals surface area (Å²) in [6.45, 7) is 18.2. The van der Waals surface area contributed by atoms with Gasteiger partial charge in [0.15, 0.2) is 0 Å². The maximum atomic E-state index is 6.45. The minimum Gasteiger partial charge on any atom is -0.369 e. The van der Waals surface area contributed by atoms with Crippen molar-refractivity contribution in [2.75, 3.05) is 0 Å². The van der Waals surface area contributed by atoms with E-state index in [0.717, 1.165) is 6.42 Å². The lowest BCUT2D eigenvalue weighted by Gasteiger charge is -2.43. The lowest BCUT2D eigenvalue weighted by atomic mass is 9.64. The topological polar surface area (TPSA) is 18.5 Å². The highest BCUT2D eigenvalue weighted by atomic mass is 16.6. The molecule has 2 nitrogen and oxygen atoms in total. The number of rotatable bonds is 1. The van der Waals surface area contributed by atoms with E-state index in [9.17, 15) is 0 Å². The summed E-state index contributed by atoms with van der Waals surface area (Å²) in [5.41, 5.74) is 0.395. The first-order valence-electron chi connectivity index (χ1n) is 7.31. The fraction of sp³-hybridized carbons (Fsp3) is 1.00. The van der Waals surface area contributed by atoms with Crippen molar-refractivity contribution in [3.05, 3.63) is 0 Å². The van der Waals surface area contributed by atoms with Gasteiger partial charge < -0.3 is 9.47 Å². The lowest BCUT2D eigenvalue weighted by molar-refractivity contribution is -0.186. The van der Waals surface area contributed by atoms with Crippen LogP contribution in [0, 0.1) is 16.7 Å². The Morgan fingerprint density at radius 3 is 2.00 bits per heavy atom. The molecule has 106 valence electrons. The fourth-order valence-electron chi connectivity index (χ4n) is 4.27. The first-order chi connectivity index (χ1) is 7.97. The van der Waals surface area contributed by atoms with E-state index in [4.69, 9.17) is 9.47 Å². The molecule has 2 rings (SSSR count). The average molecular weight is 254 g/mol. The van der Waals surface area contributed by atoms with Crippen LogP contribution in [-0.4, -0.2) is 23.9 Å². The van der Waals surface area contributed by atoms with Crippen LogP contribution in [-0.2, 0) is 9.47 Å². The van der Waals surface area contributed by atoms with Crippen LogP contribution < -0.4 is 0 Å². The monoisotopic (exact) mass is 254 g/mol. The Morgan fingerprint density at radius 1 is 1.00 bits per heavy atom. The van der Waals surface area contributed by atoms with E-state index >= 15 is 0 Å². The number of hydrogen-bond acceptors (Lipinski definition) is 2. The van der Waals surface area contributed by atoms with Gasteiger partial charge in [-0.25, -0.2) is 0 Å². The van der Waals surface area contributed by atoms with Gasteiger partial charge in [-0.15, -0.1) is 0 Å². The molecule has 0 aliphatic carbocycles. The summed E-state index contributed by atoms with van der Waals surface area (Å²) < 4.78 is 12.7. The molecule has 2 heterocycles. The van der Waals surface area contributed by atoms with E-state index in [2.05, 4.69) is 55.4 Å². The SMILES string of the molecule is C[C@@H]1O[C@@]2(CC(C)(C)C)[C@H](C)OC1[C@H]2C(C)(C)C. The molecule has 0 saturated carbocycles. The third-order valence-electron chi connectivity index (χ3n) is 4.51. The summed E-state index contributed by atoms with van der Waals surface area (Å²) in [6, 6.07) is 0. The first-order valence-corrected chi connectivity index (χ1v) is 7.31. The Morgan fingerprint density at radius 2 is 1.56 bits per heavy atom. The fourth-order valence-corrected chi connectivity index (χ4v) is 4.27. The van der Waals surface area contributed by atoms with Crippen LogP contribution >= 0.6 is 0 Å². The molecule has 2 aliphatic rings. The largest absolute Gasteiger partial charge is 0.369 e. The predicted molar refractivity (Wildman–Crippen MR) is 74.6 cm³/mol. The molecule has 0 aromatic carbocycles. The van der Waals surface area contributed by atoms with E-state index in [0.29, 0.717) is 5.92 Å². The molecule has 0 spiro atoms. The van der Waals surface area contributed by atoms with E-state index in [-0.39, 0.29) is 34.7 Å². The summed E-state index contributed by atoms with van der Waals surface area (Å²) in [5, 5.41) is 0. The number of ether oxygens (including phenoxy) is 2. The van der Waals surface area contributed by atoms with Gasteiger partial charge in [0.05, 0.1) is 18.3 Å². The number of fused-ring (bicyclic) bond motifs is 2. The van der Waals surface area contributed by atoms with Crippen LogP contribution in [0.1, 0.15) is 61.8 Å². The molecular weight excluding hydrogens is 224 g/mol. The maximum absolute atomic E-state index is 6.45. The summed E-state index contributed by atoms with van der Waals surface area (Å²) in [6.07, 6.45) is 1.78. The zero-order valence-corrected chi connectivity index (χ0v) is 13.3. The zero-order chi connectivity index (χ0) is 13.9. The minimum atomic E-state index is -0.0966. The van der Waals surface area contributed by atoms with Gasteiger partial charge in [0.25, 0.3) is 0 Å². The number of hydrogen-bond donors (Lipinski definition) is 0. The smallest absolute Gasteiger partial charge is 0.101 e. The van der Waals surface area contributed by atoms with Crippen molar-refractivity contribution in [1.82, 2.24) is 0 Å². The lowest BCUT2D eigenvalue weighted by Crippen LogP contribution is -2.49. The average Bonchev–Trinajstić information content (AvgIpc) is 2.48. The first kappa shape index (κ1) is 14.3. The van der Waals surface area contributed by atoms with Gasteiger partial charge in [-0.1, -0.05) is 41.5 Å². The molecule has 0 radical (unpaired) electrons.